The Balaban J connectivity index is 2.11. The normalized spacial score (nSPS) is 11.1. The molecule has 0 amide bonds. The van der Waals surface area contributed by atoms with Crippen LogP contribution in [0.4, 0.5) is 0 Å². The zero-order valence-corrected chi connectivity index (χ0v) is 12.7. The molecule has 104 valence electrons. The third-order valence-corrected chi connectivity index (χ3v) is 4.93. The van der Waals surface area contributed by atoms with Crippen molar-refractivity contribution in [3.63, 3.8) is 0 Å². The Labute approximate surface area is 125 Å². The summed E-state index contributed by atoms with van der Waals surface area (Å²) in [4.78, 5) is 11.8. The van der Waals surface area contributed by atoms with Gasteiger partial charge in [0, 0.05) is 4.47 Å². The van der Waals surface area contributed by atoms with Crippen molar-refractivity contribution in [1.82, 2.24) is 0 Å². The lowest BCUT2D eigenvalue weighted by Gasteiger charge is -2.07. The summed E-state index contributed by atoms with van der Waals surface area (Å²) in [5.74, 6) is -1.36. The van der Waals surface area contributed by atoms with Crippen LogP contribution in [0.5, 0.6) is 0 Å². The van der Waals surface area contributed by atoms with Crippen molar-refractivity contribution in [3.05, 3.63) is 64.6 Å². The number of hydrogen-bond acceptors (Lipinski definition) is 4. The number of ether oxygens (including phenoxy) is 1. The number of sulfone groups is 1. The van der Waals surface area contributed by atoms with Crippen molar-refractivity contribution in [2.24, 2.45) is 0 Å². The molecule has 0 saturated carbocycles. The van der Waals surface area contributed by atoms with Crippen LogP contribution in [0.3, 0.4) is 0 Å². The topological polar surface area (TPSA) is 60.4 Å². The fourth-order valence-corrected chi connectivity index (χ4v) is 3.61. The largest absolute Gasteiger partial charge is 0.445 e. The molecular weight excluding hydrogens is 344 g/mol. The molecule has 0 aliphatic rings. The molecule has 0 aliphatic heterocycles. The van der Waals surface area contributed by atoms with E-state index in [0.29, 0.717) is 10.0 Å². The molecule has 4 nitrogen and oxygen atoms in total. The maximum absolute atomic E-state index is 12.1. The number of carbonyl (C=O) groups is 1. The van der Waals surface area contributed by atoms with Gasteiger partial charge in [0.2, 0.25) is 9.84 Å². The van der Waals surface area contributed by atoms with Gasteiger partial charge in [-0.1, -0.05) is 30.3 Å². The van der Waals surface area contributed by atoms with E-state index in [0.717, 1.165) is 0 Å². The maximum Gasteiger partial charge on any atom is 0.339 e. The van der Waals surface area contributed by atoms with Gasteiger partial charge < -0.3 is 4.74 Å². The van der Waals surface area contributed by atoms with Gasteiger partial charge in [-0.05, 0) is 40.2 Å². The fourth-order valence-electron chi connectivity index (χ4n) is 1.55. The standard InChI is InChI=1S/C14H11BrO4S/c15-12-8-4-5-9-13(12)20(17,18)10-19-14(16)11-6-2-1-3-7-11/h1-9H,10H2. The molecule has 2 rings (SSSR count). The first-order valence-electron chi connectivity index (χ1n) is 5.70. The van der Waals surface area contributed by atoms with E-state index < -0.39 is 21.7 Å². The van der Waals surface area contributed by atoms with Crippen LogP contribution < -0.4 is 0 Å². The molecule has 0 aromatic heterocycles. The van der Waals surface area contributed by atoms with Crippen LogP contribution >= 0.6 is 15.9 Å². The average molecular weight is 355 g/mol. The lowest BCUT2D eigenvalue weighted by Crippen LogP contribution is -2.15. The van der Waals surface area contributed by atoms with Crippen molar-refractivity contribution in [2.45, 2.75) is 4.90 Å². The number of halogens is 1. The van der Waals surface area contributed by atoms with Crippen molar-refractivity contribution in [2.75, 3.05) is 5.94 Å². The van der Waals surface area contributed by atoms with Crippen LogP contribution in [0.1, 0.15) is 10.4 Å². The number of benzene rings is 2. The molecule has 0 unspecified atom stereocenters. The van der Waals surface area contributed by atoms with Crippen LogP contribution in [-0.4, -0.2) is 20.3 Å². The van der Waals surface area contributed by atoms with Gasteiger partial charge >= 0.3 is 5.97 Å². The van der Waals surface area contributed by atoms with Gasteiger partial charge in [-0.2, -0.15) is 0 Å². The Morgan fingerprint density at radius 1 is 1.00 bits per heavy atom. The van der Waals surface area contributed by atoms with Gasteiger partial charge in [-0.25, -0.2) is 13.2 Å². The monoisotopic (exact) mass is 354 g/mol. The molecule has 0 bridgehead atoms. The smallest absolute Gasteiger partial charge is 0.339 e. The van der Waals surface area contributed by atoms with E-state index in [9.17, 15) is 13.2 Å². The van der Waals surface area contributed by atoms with E-state index in [2.05, 4.69) is 15.9 Å². The SMILES string of the molecule is O=C(OCS(=O)(=O)c1ccccc1Br)c1ccccc1. The van der Waals surface area contributed by atoms with E-state index in [1.165, 1.54) is 6.07 Å². The van der Waals surface area contributed by atoms with Crippen molar-refractivity contribution < 1.29 is 17.9 Å². The van der Waals surface area contributed by atoms with Crippen molar-refractivity contribution in [3.8, 4) is 0 Å². The Morgan fingerprint density at radius 3 is 2.25 bits per heavy atom. The van der Waals surface area contributed by atoms with Gasteiger partial charge in [0.15, 0.2) is 5.94 Å². The minimum atomic E-state index is -3.68. The molecule has 0 fully saturated rings. The molecule has 2 aromatic rings. The molecule has 0 radical (unpaired) electrons. The molecule has 0 N–H and O–H groups in total. The summed E-state index contributed by atoms with van der Waals surface area (Å²) in [5.41, 5.74) is 0.315. The Morgan fingerprint density at radius 2 is 1.60 bits per heavy atom. The molecule has 2 aromatic carbocycles. The van der Waals surface area contributed by atoms with E-state index >= 15 is 0 Å². The molecule has 6 heteroatoms. The Kier molecular flexibility index (Phi) is 4.57. The molecule has 0 aliphatic carbocycles. The van der Waals surface area contributed by atoms with Gasteiger partial charge in [0.1, 0.15) is 0 Å². The molecule has 20 heavy (non-hydrogen) atoms. The number of hydrogen-bond donors (Lipinski definition) is 0. The van der Waals surface area contributed by atoms with Crippen molar-refractivity contribution in [1.29, 1.82) is 0 Å². The lowest BCUT2D eigenvalue weighted by atomic mass is 10.2. The minimum absolute atomic E-state index is 0.0980. The summed E-state index contributed by atoms with van der Waals surface area (Å²) < 4.78 is 29.5. The fraction of sp³-hybridized carbons (Fsp3) is 0.0714. The van der Waals surface area contributed by atoms with Crippen molar-refractivity contribution >= 4 is 31.7 Å². The first kappa shape index (κ1) is 14.7. The first-order chi connectivity index (χ1) is 9.50. The maximum atomic E-state index is 12.1. The molecular formula is C14H11BrO4S. The second-order valence-electron chi connectivity index (χ2n) is 3.96. The van der Waals surface area contributed by atoms with E-state index in [1.54, 1.807) is 48.5 Å². The summed E-state index contributed by atoms with van der Waals surface area (Å²) in [6.45, 7) is 0. The Bertz CT molecular complexity index is 711. The average Bonchev–Trinajstić information content (AvgIpc) is 2.46. The van der Waals surface area contributed by atoms with Gasteiger partial charge in [-0.15, -0.1) is 0 Å². The quantitative estimate of drug-likeness (QED) is 0.791. The summed E-state index contributed by atoms with van der Waals surface area (Å²) in [6, 6.07) is 14.6. The van der Waals surface area contributed by atoms with Crippen LogP contribution in [0.2, 0.25) is 0 Å². The summed E-state index contributed by atoms with van der Waals surface area (Å²) in [5, 5.41) is 0. The zero-order valence-electron chi connectivity index (χ0n) is 10.3. The first-order valence-corrected chi connectivity index (χ1v) is 8.15. The summed E-state index contributed by atoms with van der Waals surface area (Å²) in [7, 11) is -3.68. The summed E-state index contributed by atoms with van der Waals surface area (Å²) in [6.07, 6.45) is 0. The van der Waals surface area contributed by atoms with Gasteiger partial charge in [0.05, 0.1) is 10.5 Å². The second kappa shape index (κ2) is 6.19. The van der Waals surface area contributed by atoms with Gasteiger partial charge in [0.25, 0.3) is 0 Å². The number of carbonyl (C=O) groups excluding carboxylic acids is 1. The molecule has 0 spiro atoms. The van der Waals surface area contributed by atoms with Crippen LogP contribution in [0.15, 0.2) is 64.0 Å². The molecule has 0 heterocycles. The highest BCUT2D eigenvalue weighted by Crippen LogP contribution is 2.22. The third kappa shape index (κ3) is 3.46. The lowest BCUT2D eigenvalue weighted by molar-refractivity contribution is 0.0571. The van der Waals surface area contributed by atoms with E-state index in [4.69, 9.17) is 4.74 Å². The molecule has 0 saturated heterocycles. The van der Waals surface area contributed by atoms with Crippen LogP contribution in [-0.2, 0) is 14.6 Å². The van der Waals surface area contributed by atoms with E-state index in [1.807, 2.05) is 0 Å². The van der Waals surface area contributed by atoms with Crippen LogP contribution in [0, 0.1) is 0 Å². The number of esters is 1. The minimum Gasteiger partial charge on any atom is -0.445 e. The Hall–Kier alpha value is -1.66. The number of rotatable bonds is 4. The van der Waals surface area contributed by atoms with Gasteiger partial charge in [-0.3, -0.25) is 0 Å². The second-order valence-corrected chi connectivity index (χ2v) is 6.72. The molecule has 0 atom stereocenters. The predicted octanol–water partition coefficient (Wildman–Crippen LogP) is 3.04. The van der Waals surface area contributed by atoms with Crippen LogP contribution in [0.25, 0.3) is 0 Å². The third-order valence-electron chi connectivity index (χ3n) is 2.53. The highest BCUT2D eigenvalue weighted by molar-refractivity contribution is 9.10. The predicted molar refractivity (Wildman–Crippen MR) is 78.1 cm³/mol. The zero-order chi connectivity index (χ0) is 14.6. The summed E-state index contributed by atoms with van der Waals surface area (Å²) >= 11 is 3.16. The highest BCUT2D eigenvalue weighted by Gasteiger charge is 2.20. The highest BCUT2D eigenvalue weighted by atomic mass is 79.9. The van der Waals surface area contributed by atoms with E-state index in [-0.39, 0.29) is 4.90 Å².